The van der Waals surface area contributed by atoms with Gasteiger partial charge in [0, 0.05) is 6.61 Å². The Morgan fingerprint density at radius 1 is 1.41 bits per heavy atom. The van der Waals surface area contributed by atoms with E-state index in [4.69, 9.17) is 29.7 Å². The molecule has 0 aliphatic heterocycles. The number of nitriles is 1. The molecule has 0 saturated heterocycles. The molecule has 17 heavy (non-hydrogen) atoms. The Balaban J connectivity index is 3.56. The molecule has 0 fully saturated rings. The molecule has 0 aromatic carbocycles. The van der Waals surface area contributed by atoms with Crippen molar-refractivity contribution in [3.63, 3.8) is 0 Å². The number of nitrogens with two attached hydrogens (primary N) is 1. The Bertz CT molecular complexity index is 213. The second-order valence-corrected chi connectivity index (χ2v) is 4.44. The molecule has 7 heteroatoms. The minimum absolute atomic E-state index is 0.106. The van der Waals surface area contributed by atoms with E-state index in [1.807, 2.05) is 6.07 Å². The third-order valence-electron chi connectivity index (χ3n) is 1.88. The number of ether oxygens (including phenoxy) is 1. The van der Waals surface area contributed by atoms with E-state index >= 15 is 0 Å². The number of hydrogen-bond acceptors (Lipinski definition) is 6. The molecule has 100 valence electrons. The first kappa shape index (κ1) is 16.7. The van der Waals surface area contributed by atoms with E-state index in [9.17, 15) is 0 Å². The maximum absolute atomic E-state index is 9.03. The van der Waals surface area contributed by atoms with Crippen LogP contribution in [0, 0.1) is 11.3 Å². The minimum atomic E-state index is -1.49. The Morgan fingerprint density at radius 3 is 2.76 bits per heavy atom. The molecular weight excluding hydrogens is 243 g/mol. The topological polar surface area (TPSA) is 97.7 Å². The van der Waals surface area contributed by atoms with Crippen LogP contribution in [0.5, 0.6) is 0 Å². The maximum Gasteiger partial charge on any atom is 0.253 e. The maximum atomic E-state index is 9.03. The number of nitrogens with zero attached hydrogens (tertiary/aromatic N) is 1. The molecule has 2 atom stereocenters. The average Bonchev–Trinajstić information content (AvgIpc) is 2.34. The molecule has 0 amide bonds. The standard InChI is InChI=1S/C10H21N2O4P/c1-2-3-6-14-10(8-13)9-16-17(12)15-7-4-5-11/h10,13H,2-4,6-9,12H2,1H3/t10-,17?/m0/s1. The van der Waals surface area contributed by atoms with Gasteiger partial charge in [0.25, 0.3) is 8.53 Å². The van der Waals surface area contributed by atoms with Crippen molar-refractivity contribution in [3.05, 3.63) is 0 Å². The van der Waals surface area contributed by atoms with E-state index in [1.54, 1.807) is 0 Å². The van der Waals surface area contributed by atoms with Crippen LogP contribution in [0.3, 0.4) is 0 Å². The van der Waals surface area contributed by atoms with Crippen molar-refractivity contribution in [1.82, 2.24) is 0 Å². The molecule has 6 nitrogen and oxygen atoms in total. The molecule has 0 saturated carbocycles. The SMILES string of the molecule is CCCCO[C@@H](CO)COP(N)OCCC#N. The molecule has 0 aliphatic carbocycles. The van der Waals surface area contributed by atoms with Gasteiger partial charge in [0.2, 0.25) is 0 Å². The van der Waals surface area contributed by atoms with Crippen LogP contribution < -0.4 is 5.50 Å². The fraction of sp³-hybridized carbons (Fsp3) is 0.900. The van der Waals surface area contributed by atoms with Gasteiger partial charge >= 0.3 is 0 Å². The molecule has 0 spiro atoms. The molecule has 0 heterocycles. The summed E-state index contributed by atoms with van der Waals surface area (Å²) < 4.78 is 15.6. The monoisotopic (exact) mass is 264 g/mol. The van der Waals surface area contributed by atoms with Gasteiger partial charge in [0.1, 0.15) is 6.10 Å². The first-order valence-electron chi connectivity index (χ1n) is 5.64. The lowest BCUT2D eigenvalue weighted by molar-refractivity contribution is -0.0150. The van der Waals surface area contributed by atoms with Gasteiger partial charge in [-0.25, -0.2) is 0 Å². The highest BCUT2D eigenvalue weighted by Crippen LogP contribution is 2.28. The lowest BCUT2D eigenvalue weighted by Gasteiger charge is -2.17. The Morgan fingerprint density at radius 2 is 2.18 bits per heavy atom. The zero-order valence-electron chi connectivity index (χ0n) is 10.2. The van der Waals surface area contributed by atoms with Crippen LogP contribution in [-0.4, -0.2) is 37.6 Å². The molecule has 0 rings (SSSR count). The van der Waals surface area contributed by atoms with Crippen molar-refractivity contribution in [2.24, 2.45) is 5.50 Å². The number of aliphatic hydroxyl groups is 1. The van der Waals surface area contributed by atoms with Crippen LogP contribution >= 0.6 is 8.53 Å². The van der Waals surface area contributed by atoms with Crippen LogP contribution in [0.2, 0.25) is 0 Å². The van der Waals surface area contributed by atoms with Crippen LogP contribution in [0.15, 0.2) is 0 Å². The molecule has 1 unspecified atom stereocenters. The van der Waals surface area contributed by atoms with E-state index in [0.29, 0.717) is 6.61 Å². The highest BCUT2D eigenvalue weighted by molar-refractivity contribution is 7.44. The second kappa shape index (κ2) is 12.2. The first-order valence-corrected chi connectivity index (χ1v) is 6.89. The highest BCUT2D eigenvalue weighted by Gasteiger charge is 2.11. The molecule has 0 aliphatic rings. The summed E-state index contributed by atoms with van der Waals surface area (Å²) in [7, 11) is -1.49. The van der Waals surface area contributed by atoms with Crippen molar-refractivity contribution in [2.45, 2.75) is 32.3 Å². The largest absolute Gasteiger partial charge is 0.394 e. The predicted molar refractivity (Wildman–Crippen MR) is 65.0 cm³/mol. The summed E-state index contributed by atoms with van der Waals surface area (Å²) in [4.78, 5) is 0. The number of hydrogen-bond donors (Lipinski definition) is 2. The van der Waals surface area contributed by atoms with Crippen LogP contribution in [0.25, 0.3) is 0 Å². The molecule has 0 bridgehead atoms. The quantitative estimate of drug-likeness (QED) is 0.431. The predicted octanol–water partition coefficient (Wildman–Crippen LogP) is 1.30. The van der Waals surface area contributed by atoms with E-state index in [2.05, 4.69) is 6.92 Å². The fourth-order valence-corrected chi connectivity index (χ4v) is 1.58. The number of rotatable bonds is 11. The van der Waals surface area contributed by atoms with Crippen LogP contribution in [0.4, 0.5) is 0 Å². The summed E-state index contributed by atoms with van der Waals surface area (Å²) in [6.45, 7) is 3.03. The molecule has 0 aromatic rings. The van der Waals surface area contributed by atoms with E-state index < -0.39 is 8.53 Å². The van der Waals surface area contributed by atoms with Crippen molar-refractivity contribution < 1.29 is 18.9 Å². The second-order valence-electron chi connectivity index (χ2n) is 3.35. The summed E-state index contributed by atoms with van der Waals surface area (Å²) >= 11 is 0. The van der Waals surface area contributed by atoms with Crippen molar-refractivity contribution in [2.75, 3.05) is 26.4 Å². The molecule has 0 radical (unpaired) electrons. The smallest absolute Gasteiger partial charge is 0.253 e. The third kappa shape index (κ3) is 10.6. The van der Waals surface area contributed by atoms with Gasteiger partial charge in [-0.2, -0.15) is 5.26 Å². The van der Waals surface area contributed by atoms with Gasteiger partial charge in [0.15, 0.2) is 0 Å². The summed E-state index contributed by atoms with van der Waals surface area (Å²) in [6, 6.07) is 1.94. The normalized spacial score (nSPS) is 14.2. The van der Waals surface area contributed by atoms with E-state index in [-0.39, 0.29) is 32.3 Å². The first-order chi connectivity index (χ1) is 8.24. The molecule has 3 N–H and O–H groups in total. The van der Waals surface area contributed by atoms with Gasteiger partial charge in [0.05, 0.1) is 32.3 Å². The summed E-state index contributed by atoms with van der Waals surface area (Å²) in [5, 5.41) is 17.3. The van der Waals surface area contributed by atoms with Crippen LogP contribution in [0.1, 0.15) is 26.2 Å². The third-order valence-corrected chi connectivity index (χ3v) is 2.72. The summed E-state index contributed by atoms with van der Waals surface area (Å²) in [5.74, 6) is 0. The van der Waals surface area contributed by atoms with Crippen molar-refractivity contribution >= 4 is 8.53 Å². The van der Waals surface area contributed by atoms with Gasteiger partial charge in [-0.3, -0.25) is 5.50 Å². The lowest BCUT2D eigenvalue weighted by Crippen LogP contribution is -2.24. The minimum Gasteiger partial charge on any atom is -0.394 e. The van der Waals surface area contributed by atoms with E-state index in [1.165, 1.54) is 0 Å². The van der Waals surface area contributed by atoms with E-state index in [0.717, 1.165) is 12.8 Å². The molecular formula is C10H21N2O4P. The highest BCUT2D eigenvalue weighted by atomic mass is 31.2. The fourth-order valence-electron chi connectivity index (χ4n) is 0.923. The zero-order valence-corrected chi connectivity index (χ0v) is 11.1. The van der Waals surface area contributed by atoms with Crippen molar-refractivity contribution in [1.29, 1.82) is 5.26 Å². The van der Waals surface area contributed by atoms with Crippen LogP contribution in [-0.2, 0) is 13.8 Å². The Kier molecular flexibility index (Phi) is 12.0. The molecule has 0 aromatic heterocycles. The lowest BCUT2D eigenvalue weighted by atomic mass is 10.3. The van der Waals surface area contributed by atoms with Gasteiger partial charge < -0.3 is 18.9 Å². The van der Waals surface area contributed by atoms with Crippen molar-refractivity contribution in [3.8, 4) is 6.07 Å². The number of unbranched alkanes of at least 4 members (excludes halogenated alkanes) is 1. The Labute approximate surface area is 104 Å². The van der Waals surface area contributed by atoms with Gasteiger partial charge in [-0.05, 0) is 6.42 Å². The zero-order chi connectivity index (χ0) is 12.9. The number of aliphatic hydroxyl groups excluding tert-OH is 1. The van der Waals surface area contributed by atoms with Gasteiger partial charge in [-0.15, -0.1) is 0 Å². The summed E-state index contributed by atoms with van der Waals surface area (Å²) in [5.41, 5.74) is 5.55. The van der Waals surface area contributed by atoms with Gasteiger partial charge in [-0.1, -0.05) is 13.3 Å². The Hall–Kier alpha value is -0.280. The average molecular weight is 264 g/mol. The summed E-state index contributed by atoms with van der Waals surface area (Å²) in [6.07, 6.45) is 1.91.